The summed E-state index contributed by atoms with van der Waals surface area (Å²) in [7, 11) is 0. The Hall–Kier alpha value is -3.02. The molecule has 0 N–H and O–H groups in total. The van der Waals surface area contributed by atoms with Crippen LogP contribution in [0, 0.1) is 5.92 Å². The van der Waals surface area contributed by atoms with Crippen LogP contribution in [0.2, 0.25) is 0 Å². The summed E-state index contributed by atoms with van der Waals surface area (Å²) in [5.41, 5.74) is 0.563. The van der Waals surface area contributed by atoms with Gasteiger partial charge in [-0.05, 0) is 30.7 Å². The molecule has 4 heterocycles. The van der Waals surface area contributed by atoms with Gasteiger partial charge in [-0.2, -0.15) is 18.2 Å². The number of carbonyl (C=O) groups is 1. The fraction of sp³-hybridized carbons (Fsp3) is 0.292. The van der Waals surface area contributed by atoms with Crippen LogP contribution in [0.4, 0.5) is 13.2 Å². The van der Waals surface area contributed by atoms with Crippen molar-refractivity contribution in [3.8, 4) is 32.6 Å². The maximum atomic E-state index is 13.7. The highest BCUT2D eigenvalue weighted by atomic mass is 32.1. The Bertz CT molecular complexity index is 1320. The zero-order chi connectivity index (χ0) is 24.6. The van der Waals surface area contributed by atoms with Gasteiger partial charge in [0.2, 0.25) is 5.82 Å². The first-order valence-electron chi connectivity index (χ1n) is 10.9. The molecule has 1 saturated heterocycles. The van der Waals surface area contributed by atoms with Crippen LogP contribution in [-0.2, 0) is 22.3 Å². The van der Waals surface area contributed by atoms with Gasteiger partial charge in [0.1, 0.15) is 4.88 Å². The maximum Gasteiger partial charge on any atom is 0.426 e. The van der Waals surface area contributed by atoms with Crippen LogP contribution in [0.25, 0.3) is 32.6 Å². The van der Waals surface area contributed by atoms with E-state index >= 15 is 0 Å². The predicted octanol–water partition coefficient (Wildman–Crippen LogP) is 6.21. The van der Waals surface area contributed by atoms with Crippen molar-refractivity contribution in [2.24, 2.45) is 5.92 Å². The lowest BCUT2D eigenvalue weighted by Gasteiger charge is -2.37. The molecule has 6 nitrogen and oxygen atoms in total. The molecule has 35 heavy (non-hydrogen) atoms. The Balaban J connectivity index is 1.31. The number of nitrogens with zero attached hydrogens (tertiary/aromatic N) is 3. The van der Waals surface area contributed by atoms with Crippen molar-refractivity contribution >= 4 is 28.6 Å². The monoisotopic (exact) mass is 519 g/mol. The highest BCUT2D eigenvalue weighted by Crippen LogP contribution is 2.45. The third-order valence-corrected chi connectivity index (χ3v) is 7.78. The molecule has 0 aliphatic carbocycles. The molecule has 1 fully saturated rings. The quantitative estimate of drug-likeness (QED) is 0.271. The summed E-state index contributed by atoms with van der Waals surface area (Å²) in [4.78, 5) is 19.6. The summed E-state index contributed by atoms with van der Waals surface area (Å²) >= 11 is 2.07. The molecule has 1 aliphatic rings. The van der Waals surface area contributed by atoms with Crippen LogP contribution in [0.1, 0.15) is 16.7 Å². The van der Waals surface area contributed by atoms with E-state index in [-0.39, 0.29) is 28.2 Å². The summed E-state index contributed by atoms with van der Waals surface area (Å²) in [6.45, 7) is 4.17. The lowest BCUT2D eigenvalue weighted by Crippen LogP contribution is -2.50. The standard InChI is InChI=1S/C24H20F3N3O3S2/c1-2-32-23(31)15-11-30(12-15)13-16-8-9-18(34-16)21-28-22(33-29-21)19-10-17(14-6-4-3-5-7-14)20(35-19)24(25,26)27/h3-10,15H,2,11-13H2,1H3. The Morgan fingerprint density at radius 1 is 1.14 bits per heavy atom. The van der Waals surface area contributed by atoms with Crippen LogP contribution < -0.4 is 0 Å². The van der Waals surface area contributed by atoms with Crippen molar-refractivity contribution in [1.82, 2.24) is 15.0 Å². The third kappa shape index (κ3) is 5.02. The van der Waals surface area contributed by atoms with Crippen molar-refractivity contribution in [2.75, 3.05) is 19.7 Å². The summed E-state index contributed by atoms with van der Waals surface area (Å²) < 4.78 is 51.5. The number of hydrogen-bond acceptors (Lipinski definition) is 8. The molecule has 182 valence electrons. The molecule has 5 rings (SSSR count). The van der Waals surface area contributed by atoms with Gasteiger partial charge in [0.05, 0.1) is 22.3 Å². The molecule has 0 atom stereocenters. The molecule has 11 heteroatoms. The van der Waals surface area contributed by atoms with Gasteiger partial charge in [0.25, 0.3) is 5.89 Å². The molecule has 0 unspecified atom stereocenters. The van der Waals surface area contributed by atoms with E-state index in [0.717, 1.165) is 9.75 Å². The molecular formula is C24H20F3N3O3S2. The molecular weight excluding hydrogens is 499 g/mol. The van der Waals surface area contributed by atoms with E-state index in [1.54, 1.807) is 37.3 Å². The van der Waals surface area contributed by atoms with Crippen molar-refractivity contribution in [2.45, 2.75) is 19.6 Å². The summed E-state index contributed by atoms with van der Waals surface area (Å²) in [5, 5.41) is 3.99. The second kappa shape index (κ2) is 9.56. The van der Waals surface area contributed by atoms with Crippen molar-refractivity contribution in [3.05, 3.63) is 58.3 Å². The van der Waals surface area contributed by atoms with Crippen LogP contribution >= 0.6 is 22.7 Å². The van der Waals surface area contributed by atoms with E-state index in [4.69, 9.17) is 9.26 Å². The van der Waals surface area contributed by atoms with Crippen molar-refractivity contribution in [1.29, 1.82) is 0 Å². The van der Waals surface area contributed by atoms with Gasteiger partial charge in [-0.1, -0.05) is 35.5 Å². The van der Waals surface area contributed by atoms with Crippen LogP contribution in [0.3, 0.4) is 0 Å². The Labute approximate surface area is 207 Å². The topological polar surface area (TPSA) is 68.5 Å². The zero-order valence-corrected chi connectivity index (χ0v) is 20.2. The molecule has 0 bridgehead atoms. The SMILES string of the molecule is CCOC(=O)C1CN(Cc2ccc(-c3noc(-c4cc(-c5ccccc5)c(C(F)(F)F)s4)n3)s2)C1. The van der Waals surface area contributed by atoms with E-state index in [9.17, 15) is 18.0 Å². The number of halogens is 3. The molecule has 0 saturated carbocycles. The van der Waals surface area contributed by atoms with Gasteiger partial charge in [0.15, 0.2) is 0 Å². The second-order valence-corrected chi connectivity index (χ2v) is 10.3. The van der Waals surface area contributed by atoms with E-state index in [2.05, 4.69) is 15.0 Å². The fourth-order valence-electron chi connectivity index (χ4n) is 3.87. The summed E-state index contributed by atoms with van der Waals surface area (Å²) in [6, 6.07) is 13.7. The minimum absolute atomic E-state index is 0.0488. The molecule has 4 aromatic rings. The highest BCUT2D eigenvalue weighted by molar-refractivity contribution is 7.16. The number of ether oxygens (including phenoxy) is 1. The largest absolute Gasteiger partial charge is 0.466 e. The number of carbonyl (C=O) groups excluding carboxylic acids is 1. The normalized spacial score (nSPS) is 14.7. The van der Waals surface area contributed by atoms with Crippen molar-refractivity contribution in [3.63, 3.8) is 0 Å². The number of esters is 1. The average molecular weight is 520 g/mol. The van der Waals surface area contributed by atoms with Gasteiger partial charge in [-0.3, -0.25) is 9.69 Å². The first kappa shape index (κ1) is 23.7. The first-order valence-corrected chi connectivity index (χ1v) is 12.5. The van der Waals surface area contributed by atoms with E-state index in [1.165, 1.54) is 17.4 Å². The lowest BCUT2D eigenvalue weighted by atomic mass is 10.0. The number of rotatable bonds is 7. The molecule has 3 aromatic heterocycles. The average Bonchev–Trinajstić information content (AvgIpc) is 3.55. The molecule has 1 aliphatic heterocycles. The van der Waals surface area contributed by atoms with Crippen LogP contribution in [0.15, 0.2) is 53.1 Å². The minimum Gasteiger partial charge on any atom is -0.466 e. The van der Waals surface area contributed by atoms with Gasteiger partial charge < -0.3 is 9.26 Å². The Kier molecular flexibility index (Phi) is 6.47. The maximum absolute atomic E-state index is 13.7. The fourth-order valence-corrected chi connectivity index (χ4v) is 5.82. The number of hydrogen-bond donors (Lipinski definition) is 0. The summed E-state index contributed by atoms with van der Waals surface area (Å²) in [6.07, 6.45) is -4.50. The smallest absolute Gasteiger partial charge is 0.426 e. The van der Waals surface area contributed by atoms with Gasteiger partial charge in [-0.15, -0.1) is 22.7 Å². The van der Waals surface area contributed by atoms with Gasteiger partial charge >= 0.3 is 12.1 Å². The molecule has 0 radical (unpaired) electrons. The Morgan fingerprint density at radius 3 is 2.63 bits per heavy atom. The highest BCUT2D eigenvalue weighted by Gasteiger charge is 2.37. The van der Waals surface area contributed by atoms with Crippen molar-refractivity contribution < 1.29 is 27.2 Å². The second-order valence-electron chi connectivity index (χ2n) is 8.05. The molecule has 0 amide bonds. The van der Waals surface area contributed by atoms with E-state index < -0.39 is 11.1 Å². The van der Waals surface area contributed by atoms with E-state index in [0.29, 0.717) is 49.0 Å². The van der Waals surface area contributed by atoms with Gasteiger partial charge in [-0.25, -0.2) is 0 Å². The number of alkyl halides is 3. The summed E-state index contributed by atoms with van der Waals surface area (Å²) in [5.74, 6) is 0.134. The number of thiophene rings is 2. The van der Waals surface area contributed by atoms with E-state index in [1.807, 2.05) is 12.1 Å². The lowest BCUT2D eigenvalue weighted by molar-refractivity contribution is -0.154. The van der Waals surface area contributed by atoms with Crippen LogP contribution in [0.5, 0.6) is 0 Å². The number of likely N-dealkylation sites (tertiary alicyclic amines) is 1. The number of aromatic nitrogens is 2. The third-order valence-electron chi connectivity index (χ3n) is 5.55. The molecule has 0 spiro atoms. The minimum atomic E-state index is -4.50. The predicted molar refractivity (Wildman–Crippen MR) is 127 cm³/mol. The zero-order valence-electron chi connectivity index (χ0n) is 18.5. The number of benzene rings is 1. The van der Waals surface area contributed by atoms with Gasteiger partial charge in [0, 0.05) is 30.1 Å². The first-order chi connectivity index (χ1) is 16.8. The van der Waals surface area contributed by atoms with Crippen LogP contribution in [-0.4, -0.2) is 40.7 Å². The molecule has 1 aromatic carbocycles. The Morgan fingerprint density at radius 2 is 1.91 bits per heavy atom.